The third-order valence-corrected chi connectivity index (χ3v) is 4.50. The molecule has 24 heavy (non-hydrogen) atoms. The zero-order valence-corrected chi connectivity index (χ0v) is 13.7. The van der Waals surface area contributed by atoms with Crippen LogP contribution in [-0.2, 0) is 0 Å². The third kappa shape index (κ3) is 3.15. The van der Waals surface area contributed by atoms with Crippen molar-refractivity contribution < 1.29 is 0 Å². The number of imidazole rings is 1. The maximum atomic E-state index is 4.80. The Morgan fingerprint density at radius 2 is 1.62 bits per heavy atom. The molecule has 0 N–H and O–H groups in total. The van der Waals surface area contributed by atoms with Gasteiger partial charge in [-0.15, -0.1) is 0 Å². The van der Waals surface area contributed by atoms with Crippen molar-refractivity contribution in [2.24, 2.45) is 0 Å². The molecule has 0 atom stereocenters. The van der Waals surface area contributed by atoms with Crippen LogP contribution in [0.2, 0.25) is 0 Å². The maximum Gasteiger partial charge on any atom is 0.225 e. The van der Waals surface area contributed by atoms with Crippen molar-refractivity contribution in [1.29, 1.82) is 0 Å². The second kappa shape index (κ2) is 6.83. The Morgan fingerprint density at radius 3 is 2.33 bits per heavy atom. The lowest BCUT2D eigenvalue weighted by atomic mass is 10.1. The number of hydrogen-bond donors (Lipinski definition) is 0. The van der Waals surface area contributed by atoms with E-state index in [9.17, 15) is 0 Å². The first-order valence-corrected chi connectivity index (χ1v) is 8.57. The smallest absolute Gasteiger partial charge is 0.225 e. The zero-order chi connectivity index (χ0) is 16.2. The summed E-state index contributed by atoms with van der Waals surface area (Å²) >= 11 is 0. The van der Waals surface area contributed by atoms with Gasteiger partial charge in [-0.05, 0) is 31.0 Å². The third-order valence-electron chi connectivity index (χ3n) is 4.50. The maximum absolute atomic E-state index is 4.80. The van der Waals surface area contributed by atoms with E-state index < -0.39 is 0 Å². The molecule has 0 radical (unpaired) electrons. The van der Waals surface area contributed by atoms with Crippen LogP contribution in [-0.4, -0.2) is 32.6 Å². The van der Waals surface area contributed by atoms with E-state index in [1.54, 1.807) is 12.5 Å². The van der Waals surface area contributed by atoms with Crippen LogP contribution in [0.5, 0.6) is 0 Å². The molecule has 0 bridgehead atoms. The van der Waals surface area contributed by atoms with E-state index in [2.05, 4.69) is 39.1 Å². The number of hydrogen-bond acceptors (Lipinski definition) is 4. The first-order chi connectivity index (χ1) is 11.9. The Balaban J connectivity index is 1.58. The fourth-order valence-corrected chi connectivity index (χ4v) is 3.15. The second-order valence-corrected chi connectivity index (χ2v) is 6.16. The van der Waals surface area contributed by atoms with Crippen LogP contribution in [0.4, 0.5) is 5.95 Å². The Labute approximate surface area is 142 Å². The molecule has 2 aromatic heterocycles. The lowest BCUT2D eigenvalue weighted by molar-refractivity contribution is 0.726. The largest absolute Gasteiger partial charge is 0.341 e. The first-order valence-electron chi connectivity index (χ1n) is 8.57. The molecule has 0 unspecified atom stereocenters. The molecule has 1 fully saturated rings. The number of rotatable bonds is 3. The normalized spacial score (nSPS) is 15.2. The van der Waals surface area contributed by atoms with Gasteiger partial charge in [0.1, 0.15) is 0 Å². The van der Waals surface area contributed by atoms with Crippen LogP contribution < -0.4 is 4.90 Å². The van der Waals surface area contributed by atoms with Crippen LogP contribution in [0.25, 0.3) is 16.9 Å². The summed E-state index contributed by atoms with van der Waals surface area (Å²) in [7, 11) is 0. The van der Waals surface area contributed by atoms with E-state index in [4.69, 9.17) is 4.98 Å². The quantitative estimate of drug-likeness (QED) is 0.738. The molecular weight excluding hydrogens is 298 g/mol. The molecular formula is C19H21N5. The molecule has 0 spiro atoms. The minimum Gasteiger partial charge on any atom is -0.341 e. The van der Waals surface area contributed by atoms with Crippen molar-refractivity contribution in [2.45, 2.75) is 25.7 Å². The van der Waals surface area contributed by atoms with Crippen LogP contribution in [0, 0.1) is 0 Å². The molecule has 5 nitrogen and oxygen atoms in total. The minimum atomic E-state index is 0.855. The Hall–Kier alpha value is -2.69. The summed E-state index contributed by atoms with van der Waals surface area (Å²) in [6.07, 6.45) is 12.5. The van der Waals surface area contributed by atoms with E-state index in [0.29, 0.717) is 0 Å². The second-order valence-electron chi connectivity index (χ2n) is 6.16. The molecule has 122 valence electrons. The van der Waals surface area contributed by atoms with Gasteiger partial charge in [0.2, 0.25) is 5.95 Å². The average molecular weight is 319 g/mol. The molecule has 3 heterocycles. The Bertz CT molecular complexity index is 772. The van der Waals surface area contributed by atoms with E-state index in [1.165, 1.54) is 25.7 Å². The monoisotopic (exact) mass is 319 g/mol. The van der Waals surface area contributed by atoms with Crippen LogP contribution in [0.1, 0.15) is 25.7 Å². The van der Waals surface area contributed by atoms with Crippen molar-refractivity contribution in [3.8, 4) is 16.9 Å². The van der Waals surface area contributed by atoms with Gasteiger partial charge in [-0.3, -0.25) is 0 Å². The lowest BCUT2D eigenvalue weighted by Gasteiger charge is -2.20. The number of anilines is 1. The molecule has 0 amide bonds. The molecule has 3 aromatic rings. The average Bonchev–Trinajstić information content (AvgIpc) is 3.04. The first kappa shape index (κ1) is 14.9. The van der Waals surface area contributed by atoms with Crippen molar-refractivity contribution in [2.75, 3.05) is 18.0 Å². The molecule has 1 saturated heterocycles. The number of nitrogens with zero attached hydrogens (tertiary/aromatic N) is 5. The highest BCUT2D eigenvalue weighted by molar-refractivity contribution is 5.61. The summed E-state index contributed by atoms with van der Waals surface area (Å²) in [5.74, 6) is 0.855. The SMILES string of the molecule is c1cn(-c2ccc(-c3ccnc(N4CCCCCC4)n3)cc2)cn1. The van der Waals surface area contributed by atoms with Gasteiger partial charge in [-0.2, -0.15) is 0 Å². The van der Waals surface area contributed by atoms with Crippen molar-refractivity contribution >= 4 is 5.95 Å². The fourth-order valence-electron chi connectivity index (χ4n) is 3.15. The van der Waals surface area contributed by atoms with Crippen LogP contribution >= 0.6 is 0 Å². The molecule has 1 aromatic carbocycles. The Morgan fingerprint density at radius 1 is 0.833 bits per heavy atom. The summed E-state index contributed by atoms with van der Waals surface area (Å²) in [6.45, 7) is 2.12. The number of aromatic nitrogens is 4. The van der Waals surface area contributed by atoms with Crippen LogP contribution in [0.3, 0.4) is 0 Å². The standard InChI is InChI=1S/C19H21N5/c1-2-4-13-23(12-3-1)19-21-10-9-18(22-19)16-5-7-17(8-6-16)24-14-11-20-15-24/h5-11,14-15H,1-4,12-13H2. The van der Waals surface area contributed by atoms with Gasteiger partial charge in [0.05, 0.1) is 12.0 Å². The van der Waals surface area contributed by atoms with Gasteiger partial charge in [0.25, 0.3) is 0 Å². The summed E-state index contributed by atoms with van der Waals surface area (Å²) in [5, 5.41) is 0. The lowest BCUT2D eigenvalue weighted by Crippen LogP contribution is -2.26. The fraction of sp³-hybridized carbons (Fsp3) is 0.316. The van der Waals surface area contributed by atoms with Crippen molar-refractivity contribution in [3.63, 3.8) is 0 Å². The van der Waals surface area contributed by atoms with Gasteiger partial charge in [0, 0.05) is 42.9 Å². The summed E-state index contributed by atoms with van der Waals surface area (Å²) in [6, 6.07) is 10.4. The highest BCUT2D eigenvalue weighted by Crippen LogP contribution is 2.22. The van der Waals surface area contributed by atoms with Crippen molar-refractivity contribution in [3.05, 3.63) is 55.2 Å². The van der Waals surface area contributed by atoms with E-state index in [1.807, 2.05) is 23.0 Å². The highest BCUT2D eigenvalue weighted by Gasteiger charge is 2.13. The predicted molar refractivity (Wildman–Crippen MR) is 95.3 cm³/mol. The molecule has 4 rings (SSSR count). The summed E-state index contributed by atoms with van der Waals surface area (Å²) in [5.41, 5.74) is 3.18. The molecule has 0 saturated carbocycles. The Kier molecular flexibility index (Phi) is 4.23. The van der Waals surface area contributed by atoms with Gasteiger partial charge in [0.15, 0.2) is 0 Å². The van der Waals surface area contributed by atoms with Gasteiger partial charge in [-0.25, -0.2) is 15.0 Å². The molecule has 1 aliphatic rings. The van der Waals surface area contributed by atoms with E-state index in [-0.39, 0.29) is 0 Å². The van der Waals surface area contributed by atoms with E-state index in [0.717, 1.165) is 36.0 Å². The van der Waals surface area contributed by atoms with Gasteiger partial charge >= 0.3 is 0 Å². The highest BCUT2D eigenvalue weighted by atomic mass is 15.2. The predicted octanol–water partition coefficient (Wildman–Crippen LogP) is 3.71. The van der Waals surface area contributed by atoms with E-state index >= 15 is 0 Å². The number of benzene rings is 1. The zero-order valence-electron chi connectivity index (χ0n) is 13.7. The van der Waals surface area contributed by atoms with Crippen LogP contribution in [0.15, 0.2) is 55.2 Å². The topological polar surface area (TPSA) is 46.8 Å². The minimum absolute atomic E-state index is 0.855. The summed E-state index contributed by atoms with van der Waals surface area (Å²) in [4.78, 5) is 15.7. The summed E-state index contributed by atoms with van der Waals surface area (Å²) < 4.78 is 1.99. The molecule has 5 heteroatoms. The van der Waals surface area contributed by atoms with Gasteiger partial charge in [-0.1, -0.05) is 25.0 Å². The molecule has 0 aliphatic carbocycles. The van der Waals surface area contributed by atoms with Crippen molar-refractivity contribution in [1.82, 2.24) is 19.5 Å². The molecule has 1 aliphatic heterocycles. The van der Waals surface area contributed by atoms with Gasteiger partial charge < -0.3 is 9.47 Å².